The number of hydrogen-bond acceptors (Lipinski definition) is 4. The van der Waals surface area contributed by atoms with Crippen molar-refractivity contribution in [2.75, 3.05) is 19.8 Å². The molecule has 1 aliphatic heterocycles. The molecule has 1 heterocycles. The van der Waals surface area contributed by atoms with Crippen molar-refractivity contribution in [3.05, 3.63) is 71.7 Å². The van der Waals surface area contributed by atoms with Crippen LogP contribution in [0.2, 0.25) is 0 Å². The van der Waals surface area contributed by atoms with Crippen LogP contribution in [0.3, 0.4) is 0 Å². The number of hydrogen-bond donors (Lipinski definition) is 2. The highest BCUT2D eigenvalue weighted by atomic mass is 16.5. The highest BCUT2D eigenvalue weighted by Gasteiger charge is 2.23. The molecule has 0 spiro atoms. The Bertz CT molecular complexity index is 723. The summed E-state index contributed by atoms with van der Waals surface area (Å²) >= 11 is 0. The second-order valence-electron chi connectivity index (χ2n) is 7.64. The van der Waals surface area contributed by atoms with Crippen LogP contribution in [-0.4, -0.2) is 36.9 Å². The molecule has 5 heteroatoms. The topological polar surface area (TPSA) is 67.8 Å². The summed E-state index contributed by atoms with van der Waals surface area (Å²) in [5.74, 6) is -0.209. The minimum absolute atomic E-state index is 0.284. The van der Waals surface area contributed by atoms with Crippen LogP contribution >= 0.6 is 0 Å². The lowest BCUT2D eigenvalue weighted by Crippen LogP contribution is -2.33. The van der Waals surface area contributed by atoms with Crippen LogP contribution in [-0.2, 0) is 14.3 Å². The summed E-state index contributed by atoms with van der Waals surface area (Å²) in [6.07, 6.45) is 14.9. The van der Waals surface area contributed by atoms with Crippen molar-refractivity contribution < 1.29 is 19.4 Å². The van der Waals surface area contributed by atoms with E-state index in [1.165, 1.54) is 5.57 Å². The van der Waals surface area contributed by atoms with Crippen LogP contribution in [0.4, 0.5) is 0 Å². The van der Waals surface area contributed by atoms with Gasteiger partial charge in [0.25, 0.3) is 0 Å². The van der Waals surface area contributed by atoms with E-state index in [0.29, 0.717) is 12.6 Å². The van der Waals surface area contributed by atoms with Crippen LogP contribution in [0.1, 0.15) is 41.0 Å². The maximum atomic E-state index is 10.7. The lowest BCUT2D eigenvalue weighted by atomic mass is 9.84. The molecule has 0 aliphatic carbocycles. The fourth-order valence-corrected chi connectivity index (χ4v) is 2.99. The predicted molar refractivity (Wildman–Crippen MR) is 118 cm³/mol. The van der Waals surface area contributed by atoms with Crippen LogP contribution in [0.25, 0.3) is 0 Å². The van der Waals surface area contributed by atoms with Gasteiger partial charge in [-0.3, -0.25) is 0 Å². The predicted octanol–water partition coefficient (Wildman–Crippen LogP) is 4.91. The van der Waals surface area contributed by atoms with E-state index in [-0.39, 0.29) is 18.6 Å². The monoisotopic (exact) mass is 401 g/mol. The summed E-state index contributed by atoms with van der Waals surface area (Å²) < 4.78 is 11.3. The molecule has 0 bridgehead atoms. The first-order valence-electron chi connectivity index (χ1n) is 9.97. The zero-order valence-electron chi connectivity index (χ0n) is 18.3. The minimum atomic E-state index is -0.976. The molecule has 0 radical (unpaired) electrons. The smallest absolute Gasteiger partial charge is 0.329 e. The van der Waals surface area contributed by atoms with Gasteiger partial charge in [0.1, 0.15) is 13.2 Å². The van der Waals surface area contributed by atoms with Crippen molar-refractivity contribution in [2.24, 2.45) is 5.41 Å². The van der Waals surface area contributed by atoms with Gasteiger partial charge in [-0.25, -0.2) is 4.79 Å². The SMILES string of the molecule is C=C/C=C(\C=C(/C)OCC1=CC=C(/C=C\C)C(CC)N1)C(C)(C)COCC(=O)O. The molecule has 0 aromatic carbocycles. The molecule has 0 aromatic heterocycles. The molecule has 0 fully saturated rings. The Kier molecular flexibility index (Phi) is 10.2. The zero-order chi connectivity index (χ0) is 21.9. The highest BCUT2D eigenvalue weighted by Crippen LogP contribution is 2.29. The van der Waals surface area contributed by atoms with Crippen molar-refractivity contribution in [3.63, 3.8) is 0 Å². The molecule has 2 N–H and O–H groups in total. The summed E-state index contributed by atoms with van der Waals surface area (Å²) in [5, 5.41) is 12.3. The Morgan fingerprint density at radius 1 is 1.38 bits per heavy atom. The van der Waals surface area contributed by atoms with Gasteiger partial charge in [0.2, 0.25) is 0 Å². The number of carboxylic acids is 1. The van der Waals surface area contributed by atoms with E-state index >= 15 is 0 Å². The second-order valence-corrected chi connectivity index (χ2v) is 7.64. The van der Waals surface area contributed by atoms with Gasteiger partial charge in [0, 0.05) is 11.1 Å². The number of dihydropyridines is 1. The minimum Gasteiger partial charge on any atom is -0.492 e. The average Bonchev–Trinajstić information content (AvgIpc) is 2.66. The van der Waals surface area contributed by atoms with Gasteiger partial charge in [-0.15, -0.1) is 0 Å². The number of rotatable bonds is 12. The maximum Gasteiger partial charge on any atom is 0.329 e. The lowest BCUT2D eigenvalue weighted by molar-refractivity contribution is -0.143. The first-order valence-corrected chi connectivity index (χ1v) is 9.97. The Hall–Kier alpha value is -2.53. The van der Waals surface area contributed by atoms with E-state index in [2.05, 4.69) is 37.0 Å². The van der Waals surface area contributed by atoms with Crippen molar-refractivity contribution in [3.8, 4) is 0 Å². The van der Waals surface area contributed by atoms with Crippen LogP contribution < -0.4 is 5.32 Å². The fraction of sp³-hybridized carbons (Fsp3) is 0.458. The molecule has 1 atom stereocenters. The summed E-state index contributed by atoms with van der Waals surface area (Å²) in [4.78, 5) is 10.7. The number of allylic oxidation sites excluding steroid dienone is 7. The molecule has 1 aliphatic rings. The van der Waals surface area contributed by atoms with Gasteiger partial charge < -0.3 is 19.9 Å². The Morgan fingerprint density at radius 2 is 2.10 bits per heavy atom. The molecule has 29 heavy (non-hydrogen) atoms. The number of nitrogens with one attached hydrogen (secondary N) is 1. The maximum absolute atomic E-state index is 10.7. The van der Waals surface area contributed by atoms with Gasteiger partial charge in [-0.1, -0.05) is 57.7 Å². The molecule has 1 rings (SSSR count). The van der Waals surface area contributed by atoms with E-state index in [9.17, 15) is 4.79 Å². The quantitative estimate of drug-likeness (QED) is 0.359. The number of aliphatic carboxylic acids is 1. The van der Waals surface area contributed by atoms with Crippen molar-refractivity contribution >= 4 is 5.97 Å². The van der Waals surface area contributed by atoms with Gasteiger partial charge in [-0.05, 0) is 43.6 Å². The van der Waals surface area contributed by atoms with Gasteiger partial charge in [0.15, 0.2) is 0 Å². The molecule has 0 saturated heterocycles. The van der Waals surface area contributed by atoms with E-state index < -0.39 is 5.97 Å². The Balaban J connectivity index is 2.79. The molecule has 0 saturated carbocycles. The second kappa shape index (κ2) is 12.1. The third-order valence-electron chi connectivity index (χ3n) is 4.59. The Labute approximate surface area is 175 Å². The summed E-state index contributed by atoms with van der Waals surface area (Å²) in [6, 6.07) is 0.292. The normalized spacial score (nSPS) is 18.2. The average molecular weight is 402 g/mol. The molecule has 5 nitrogen and oxygen atoms in total. The van der Waals surface area contributed by atoms with E-state index in [4.69, 9.17) is 14.6 Å². The zero-order valence-corrected chi connectivity index (χ0v) is 18.3. The molecule has 0 aromatic rings. The Morgan fingerprint density at radius 3 is 2.69 bits per heavy atom. The van der Waals surface area contributed by atoms with E-state index in [1.807, 2.05) is 45.9 Å². The largest absolute Gasteiger partial charge is 0.492 e. The third kappa shape index (κ3) is 8.57. The van der Waals surface area contributed by atoms with Crippen molar-refractivity contribution in [2.45, 2.75) is 47.1 Å². The molecular formula is C24H35NO4. The highest BCUT2D eigenvalue weighted by molar-refractivity contribution is 5.68. The third-order valence-corrected chi connectivity index (χ3v) is 4.59. The molecule has 0 amide bonds. The van der Waals surface area contributed by atoms with Crippen molar-refractivity contribution in [1.82, 2.24) is 5.32 Å². The summed E-state index contributed by atoms with van der Waals surface area (Å²) in [5.41, 5.74) is 2.89. The first kappa shape index (κ1) is 24.5. The van der Waals surface area contributed by atoms with Gasteiger partial charge in [0.05, 0.1) is 18.4 Å². The molecular weight excluding hydrogens is 366 g/mol. The number of ether oxygens (including phenoxy) is 2. The van der Waals surface area contributed by atoms with Crippen LogP contribution in [0.5, 0.6) is 0 Å². The fourth-order valence-electron chi connectivity index (χ4n) is 2.99. The van der Waals surface area contributed by atoms with Crippen LogP contribution in [0, 0.1) is 5.41 Å². The molecule has 160 valence electrons. The number of carbonyl (C=O) groups is 1. The van der Waals surface area contributed by atoms with Crippen LogP contribution in [0.15, 0.2) is 71.7 Å². The lowest BCUT2D eigenvalue weighted by Gasteiger charge is -2.27. The van der Waals surface area contributed by atoms with Gasteiger partial charge >= 0.3 is 5.97 Å². The summed E-state index contributed by atoms with van der Waals surface area (Å²) in [6.45, 7) is 14.3. The number of carboxylic acid groups (broad SMARTS) is 1. The van der Waals surface area contributed by atoms with E-state index in [1.54, 1.807) is 6.08 Å². The first-order chi connectivity index (χ1) is 13.7. The molecule has 1 unspecified atom stereocenters. The summed E-state index contributed by atoms with van der Waals surface area (Å²) in [7, 11) is 0. The van der Waals surface area contributed by atoms with Gasteiger partial charge in [-0.2, -0.15) is 0 Å². The van der Waals surface area contributed by atoms with Crippen molar-refractivity contribution in [1.29, 1.82) is 0 Å². The van der Waals surface area contributed by atoms with E-state index in [0.717, 1.165) is 23.5 Å². The standard InChI is InChI=1S/C24H35NO4/c1-7-10-19-12-13-21(25-22(19)9-3)15-29-18(4)14-20(11-8-2)24(5,6)17-28-16-23(26)27/h7-8,10-14,22,25H,2,9,15-17H2,1,3-6H3,(H,26,27)/b10-7-,18-14+,20-11+.